The second-order valence-electron chi connectivity index (χ2n) is 8.84. The molecule has 0 heterocycles. The summed E-state index contributed by atoms with van der Waals surface area (Å²) in [6.07, 6.45) is 4.53. The summed E-state index contributed by atoms with van der Waals surface area (Å²) in [6.45, 7) is 1.90. The smallest absolute Gasteiger partial charge is 0.133 e. The lowest BCUT2D eigenvalue weighted by molar-refractivity contribution is 0.137. The molecule has 0 spiro atoms. The number of benzene rings is 3. The van der Waals surface area contributed by atoms with E-state index in [9.17, 15) is 0 Å². The van der Waals surface area contributed by atoms with Crippen molar-refractivity contribution >= 4 is 15.9 Å². The van der Waals surface area contributed by atoms with Crippen LogP contribution in [0, 0.1) is 0 Å². The third-order valence-electron chi connectivity index (χ3n) is 6.68. The van der Waals surface area contributed by atoms with Crippen LogP contribution >= 0.6 is 15.9 Å². The van der Waals surface area contributed by atoms with E-state index >= 15 is 0 Å². The minimum Gasteiger partial charge on any atom is -0.496 e. The Bertz CT molecular complexity index is 932. The number of nitrogens with two attached hydrogens (primary N) is 1. The molecule has 3 aromatic carbocycles. The molecular weight excluding hydrogens is 460 g/mol. The first-order chi connectivity index (χ1) is 15.6. The molecule has 0 aliphatic heterocycles. The van der Waals surface area contributed by atoms with Crippen LogP contribution in [0.4, 0.5) is 0 Å². The van der Waals surface area contributed by atoms with Crippen molar-refractivity contribution in [2.24, 2.45) is 5.73 Å². The molecule has 1 fully saturated rings. The van der Waals surface area contributed by atoms with Crippen LogP contribution in [0.5, 0.6) is 5.75 Å². The summed E-state index contributed by atoms with van der Waals surface area (Å²) >= 11 is 3.67. The van der Waals surface area contributed by atoms with Gasteiger partial charge in [-0.15, -0.1) is 0 Å². The van der Waals surface area contributed by atoms with Gasteiger partial charge in [-0.3, -0.25) is 4.90 Å². The molecule has 32 heavy (non-hydrogen) atoms. The van der Waals surface area contributed by atoms with Gasteiger partial charge in [-0.2, -0.15) is 0 Å². The molecule has 2 N–H and O–H groups in total. The van der Waals surface area contributed by atoms with Gasteiger partial charge in [-0.1, -0.05) is 66.7 Å². The summed E-state index contributed by atoms with van der Waals surface area (Å²) in [5.74, 6) is 1.20. The van der Waals surface area contributed by atoms with Gasteiger partial charge in [0.05, 0.1) is 11.6 Å². The zero-order valence-electron chi connectivity index (χ0n) is 18.8. The van der Waals surface area contributed by atoms with Crippen molar-refractivity contribution in [3.8, 4) is 5.75 Å². The molecule has 0 amide bonds. The van der Waals surface area contributed by atoms with Gasteiger partial charge < -0.3 is 10.5 Å². The van der Waals surface area contributed by atoms with Crippen LogP contribution in [-0.4, -0.2) is 30.6 Å². The Morgan fingerprint density at radius 3 is 2.03 bits per heavy atom. The molecule has 3 nitrogen and oxygen atoms in total. The standard InChI is InChI=1S/C28H33BrN2O/c1-32-28-17-12-21(18-27(28)29)19-31(25-15-13-24(30)14-16-25)20-26(22-8-4-2-5-9-22)23-10-6-3-7-11-23/h2-12,17-18,24-26H,13-16,19-20,30H2,1H3. The fourth-order valence-electron chi connectivity index (χ4n) is 4.86. The van der Waals surface area contributed by atoms with Gasteiger partial charge >= 0.3 is 0 Å². The van der Waals surface area contributed by atoms with E-state index in [0.717, 1.165) is 49.0 Å². The van der Waals surface area contributed by atoms with E-state index in [1.54, 1.807) is 7.11 Å². The highest BCUT2D eigenvalue weighted by Gasteiger charge is 2.27. The largest absolute Gasteiger partial charge is 0.496 e. The van der Waals surface area contributed by atoms with E-state index in [0.29, 0.717) is 18.0 Å². The first-order valence-electron chi connectivity index (χ1n) is 11.6. The third-order valence-corrected chi connectivity index (χ3v) is 7.30. The van der Waals surface area contributed by atoms with Crippen molar-refractivity contribution in [3.05, 3.63) is 100 Å². The van der Waals surface area contributed by atoms with E-state index in [1.807, 2.05) is 0 Å². The van der Waals surface area contributed by atoms with E-state index in [4.69, 9.17) is 10.5 Å². The van der Waals surface area contributed by atoms with E-state index in [2.05, 4.69) is 99.7 Å². The third kappa shape index (κ3) is 5.80. The van der Waals surface area contributed by atoms with E-state index < -0.39 is 0 Å². The molecule has 0 radical (unpaired) electrons. The predicted molar refractivity (Wildman–Crippen MR) is 136 cm³/mol. The molecule has 3 aromatic rings. The minimum atomic E-state index is 0.328. The Labute approximate surface area is 200 Å². The molecule has 0 atom stereocenters. The van der Waals surface area contributed by atoms with Crippen molar-refractivity contribution in [3.63, 3.8) is 0 Å². The number of nitrogens with zero attached hydrogens (tertiary/aromatic N) is 1. The molecule has 168 valence electrons. The average Bonchev–Trinajstić information content (AvgIpc) is 2.83. The lowest BCUT2D eigenvalue weighted by Crippen LogP contribution is -2.42. The van der Waals surface area contributed by atoms with Crippen molar-refractivity contribution < 1.29 is 4.74 Å². The Kier molecular flexibility index (Phi) is 8.01. The van der Waals surface area contributed by atoms with Crippen LogP contribution in [0.15, 0.2) is 83.3 Å². The van der Waals surface area contributed by atoms with Crippen molar-refractivity contribution in [2.45, 2.75) is 50.2 Å². The molecule has 0 saturated heterocycles. The van der Waals surface area contributed by atoms with Crippen LogP contribution in [0.3, 0.4) is 0 Å². The molecule has 0 aromatic heterocycles. The number of ether oxygens (including phenoxy) is 1. The number of methoxy groups -OCH3 is 1. The molecule has 4 heteroatoms. The predicted octanol–water partition coefficient (Wildman–Crippen LogP) is 6.36. The van der Waals surface area contributed by atoms with Crippen LogP contribution < -0.4 is 10.5 Å². The summed E-state index contributed by atoms with van der Waals surface area (Å²) in [6, 6.07) is 29.2. The van der Waals surface area contributed by atoms with Gasteiger partial charge in [0, 0.05) is 31.1 Å². The van der Waals surface area contributed by atoms with E-state index in [-0.39, 0.29) is 0 Å². The molecular formula is C28H33BrN2O. The first kappa shape index (κ1) is 23.0. The summed E-state index contributed by atoms with van der Waals surface area (Å²) in [7, 11) is 1.71. The van der Waals surface area contributed by atoms with Crippen LogP contribution in [0.1, 0.15) is 48.3 Å². The summed E-state index contributed by atoms with van der Waals surface area (Å²) in [5, 5.41) is 0. The van der Waals surface area contributed by atoms with Crippen LogP contribution in [-0.2, 0) is 6.54 Å². The molecule has 1 saturated carbocycles. The van der Waals surface area contributed by atoms with Gasteiger partial charge in [0.25, 0.3) is 0 Å². The monoisotopic (exact) mass is 492 g/mol. The van der Waals surface area contributed by atoms with Gasteiger partial charge in [-0.25, -0.2) is 0 Å². The highest BCUT2D eigenvalue weighted by molar-refractivity contribution is 9.10. The van der Waals surface area contributed by atoms with Crippen LogP contribution in [0.2, 0.25) is 0 Å². The quantitative estimate of drug-likeness (QED) is 0.397. The normalized spacial score (nSPS) is 18.8. The Hall–Kier alpha value is -2.14. The second kappa shape index (κ2) is 11.1. The number of rotatable bonds is 8. The maximum Gasteiger partial charge on any atom is 0.133 e. The molecule has 1 aliphatic rings. The second-order valence-corrected chi connectivity index (χ2v) is 9.70. The maximum absolute atomic E-state index is 6.25. The van der Waals surface area contributed by atoms with E-state index in [1.165, 1.54) is 16.7 Å². The number of halogens is 1. The van der Waals surface area contributed by atoms with Crippen LogP contribution in [0.25, 0.3) is 0 Å². The zero-order chi connectivity index (χ0) is 22.3. The van der Waals surface area contributed by atoms with Gasteiger partial charge in [0.15, 0.2) is 0 Å². The maximum atomic E-state index is 6.25. The average molecular weight is 493 g/mol. The highest BCUT2D eigenvalue weighted by Crippen LogP contribution is 2.32. The zero-order valence-corrected chi connectivity index (χ0v) is 20.4. The van der Waals surface area contributed by atoms with Crippen molar-refractivity contribution in [2.75, 3.05) is 13.7 Å². The van der Waals surface area contributed by atoms with Crippen molar-refractivity contribution in [1.82, 2.24) is 4.90 Å². The molecule has 0 unspecified atom stereocenters. The van der Waals surface area contributed by atoms with Gasteiger partial charge in [-0.05, 0) is 70.4 Å². The summed E-state index contributed by atoms with van der Waals surface area (Å²) in [4.78, 5) is 2.69. The molecule has 1 aliphatic carbocycles. The Morgan fingerprint density at radius 2 is 1.50 bits per heavy atom. The fourth-order valence-corrected chi connectivity index (χ4v) is 5.45. The fraction of sp³-hybridized carbons (Fsp3) is 0.357. The molecule has 0 bridgehead atoms. The lowest BCUT2D eigenvalue weighted by Gasteiger charge is -2.38. The van der Waals surface area contributed by atoms with Gasteiger partial charge in [0.1, 0.15) is 5.75 Å². The Morgan fingerprint density at radius 1 is 0.906 bits per heavy atom. The topological polar surface area (TPSA) is 38.5 Å². The summed E-state index contributed by atoms with van der Waals surface area (Å²) < 4.78 is 6.44. The number of hydrogen-bond acceptors (Lipinski definition) is 3. The first-order valence-corrected chi connectivity index (χ1v) is 12.3. The highest BCUT2D eigenvalue weighted by atomic mass is 79.9. The summed E-state index contributed by atoms with van der Waals surface area (Å²) in [5.41, 5.74) is 10.3. The minimum absolute atomic E-state index is 0.328. The lowest BCUT2D eigenvalue weighted by atomic mass is 9.87. The SMILES string of the molecule is COc1ccc(CN(CC(c2ccccc2)c2ccccc2)C2CCC(N)CC2)cc1Br. The van der Waals surface area contributed by atoms with Crippen molar-refractivity contribution in [1.29, 1.82) is 0 Å². The Balaban J connectivity index is 1.64. The molecule has 4 rings (SSSR count). The number of hydrogen-bond donors (Lipinski definition) is 1. The van der Waals surface area contributed by atoms with Gasteiger partial charge in [0.2, 0.25) is 0 Å².